The van der Waals surface area contributed by atoms with Crippen LogP contribution in [0.25, 0.3) is 0 Å². The summed E-state index contributed by atoms with van der Waals surface area (Å²) in [6.07, 6.45) is 5.91. The first-order valence-electron chi connectivity index (χ1n) is 7.21. The van der Waals surface area contributed by atoms with Crippen LogP contribution in [0, 0.1) is 0 Å². The number of ether oxygens (including phenoxy) is 1. The number of nitrogens with one attached hydrogen (secondary N) is 1. The van der Waals surface area contributed by atoms with Crippen LogP contribution in [0.2, 0.25) is 0 Å². The lowest BCUT2D eigenvalue weighted by molar-refractivity contribution is -0.159. The maximum Gasteiger partial charge on any atom is 0.246 e. The van der Waals surface area contributed by atoms with E-state index in [4.69, 9.17) is 4.74 Å². The van der Waals surface area contributed by atoms with Gasteiger partial charge in [-0.3, -0.25) is 14.4 Å². The molecule has 1 aromatic heterocycles. The molecule has 2 aliphatic rings. The molecular formula is C14H22N4O2. The summed E-state index contributed by atoms with van der Waals surface area (Å²) in [6, 6.07) is 0.101. The summed E-state index contributed by atoms with van der Waals surface area (Å²) in [5.74, 6) is 0.000847. The van der Waals surface area contributed by atoms with Crippen LogP contribution in [-0.4, -0.2) is 51.9 Å². The van der Waals surface area contributed by atoms with Crippen molar-refractivity contribution >= 4 is 5.91 Å². The number of piperidine rings is 1. The minimum absolute atomic E-state index is 0.000847. The van der Waals surface area contributed by atoms with Crippen LogP contribution in [0.5, 0.6) is 0 Å². The van der Waals surface area contributed by atoms with E-state index in [0.717, 1.165) is 32.5 Å². The summed E-state index contributed by atoms with van der Waals surface area (Å²) >= 11 is 0. The Morgan fingerprint density at radius 2 is 2.25 bits per heavy atom. The monoisotopic (exact) mass is 278 g/mol. The number of likely N-dealkylation sites (tertiary alicyclic amines) is 1. The summed E-state index contributed by atoms with van der Waals surface area (Å²) in [6.45, 7) is 5.18. The van der Waals surface area contributed by atoms with E-state index in [1.165, 1.54) is 5.56 Å². The Hall–Kier alpha value is -1.40. The lowest BCUT2D eigenvalue weighted by atomic mass is 9.83. The van der Waals surface area contributed by atoms with E-state index in [-0.39, 0.29) is 24.2 Å². The third kappa shape index (κ3) is 2.58. The molecule has 3 rings (SSSR count). The first-order valence-corrected chi connectivity index (χ1v) is 7.21. The number of nitrogens with zero attached hydrogens (tertiary/aromatic N) is 3. The average Bonchev–Trinajstić information content (AvgIpc) is 2.82. The molecule has 0 aliphatic carbocycles. The molecule has 110 valence electrons. The molecule has 20 heavy (non-hydrogen) atoms. The predicted octanol–water partition coefficient (Wildman–Crippen LogP) is 0.290. The van der Waals surface area contributed by atoms with Crippen LogP contribution in [0.4, 0.5) is 0 Å². The second-order valence-corrected chi connectivity index (χ2v) is 5.94. The lowest BCUT2D eigenvalue weighted by Crippen LogP contribution is -2.62. The third-order valence-corrected chi connectivity index (χ3v) is 4.52. The zero-order chi connectivity index (χ0) is 14.2. The SMILES string of the molecule is CC1NC(=O)COC12CCN(Cc1cnn(C)c1)CC2. The highest BCUT2D eigenvalue weighted by Gasteiger charge is 2.44. The number of carbonyl (C=O) groups is 1. The molecule has 2 fully saturated rings. The van der Waals surface area contributed by atoms with Gasteiger partial charge in [-0.15, -0.1) is 0 Å². The molecule has 0 bridgehead atoms. The van der Waals surface area contributed by atoms with E-state index in [0.29, 0.717) is 0 Å². The second-order valence-electron chi connectivity index (χ2n) is 5.94. The predicted molar refractivity (Wildman–Crippen MR) is 74.0 cm³/mol. The Labute approximate surface area is 119 Å². The van der Waals surface area contributed by atoms with Crippen molar-refractivity contribution < 1.29 is 9.53 Å². The molecule has 3 heterocycles. The lowest BCUT2D eigenvalue weighted by Gasteiger charge is -2.47. The molecule has 1 spiro atoms. The van der Waals surface area contributed by atoms with Crippen LogP contribution in [-0.2, 0) is 23.1 Å². The molecule has 6 nitrogen and oxygen atoms in total. The van der Waals surface area contributed by atoms with Gasteiger partial charge < -0.3 is 10.1 Å². The number of aromatic nitrogens is 2. The number of rotatable bonds is 2. The standard InChI is InChI=1S/C14H22N4O2/c1-11-14(20-10-13(19)16-11)3-5-18(6-4-14)9-12-7-15-17(2)8-12/h7-8,11H,3-6,9-10H2,1-2H3,(H,16,19). The minimum Gasteiger partial charge on any atom is -0.363 e. The van der Waals surface area contributed by atoms with Crippen molar-refractivity contribution in [2.45, 2.75) is 38.0 Å². The summed E-state index contributed by atoms with van der Waals surface area (Å²) in [5.41, 5.74) is 1.08. The summed E-state index contributed by atoms with van der Waals surface area (Å²) in [5, 5.41) is 7.22. The van der Waals surface area contributed by atoms with E-state index in [1.54, 1.807) is 0 Å². The topological polar surface area (TPSA) is 59.4 Å². The Kier molecular flexibility index (Phi) is 3.52. The summed E-state index contributed by atoms with van der Waals surface area (Å²) in [7, 11) is 1.94. The molecular weight excluding hydrogens is 256 g/mol. The van der Waals surface area contributed by atoms with Crippen LogP contribution in [0.15, 0.2) is 12.4 Å². The largest absolute Gasteiger partial charge is 0.363 e. The van der Waals surface area contributed by atoms with Crippen molar-refractivity contribution in [3.63, 3.8) is 0 Å². The van der Waals surface area contributed by atoms with Gasteiger partial charge in [0.2, 0.25) is 5.91 Å². The van der Waals surface area contributed by atoms with Crippen molar-refractivity contribution in [2.75, 3.05) is 19.7 Å². The fourth-order valence-corrected chi connectivity index (χ4v) is 3.23. The Morgan fingerprint density at radius 3 is 2.85 bits per heavy atom. The van der Waals surface area contributed by atoms with E-state index >= 15 is 0 Å². The fraction of sp³-hybridized carbons (Fsp3) is 0.714. The van der Waals surface area contributed by atoms with Gasteiger partial charge in [-0.05, 0) is 19.8 Å². The summed E-state index contributed by atoms with van der Waals surface area (Å²) < 4.78 is 7.71. The number of amides is 1. The number of aryl methyl sites for hydroxylation is 1. The molecule has 2 saturated heterocycles. The molecule has 0 saturated carbocycles. The molecule has 6 heteroatoms. The van der Waals surface area contributed by atoms with Crippen molar-refractivity contribution in [1.82, 2.24) is 20.0 Å². The number of carbonyl (C=O) groups excluding carboxylic acids is 1. The highest BCUT2D eigenvalue weighted by atomic mass is 16.5. The molecule has 0 radical (unpaired) electrons. The van der Waals surface area contributed by atoms with Gasteiger partial charge in [0.25, 0.3) is 0 Å². The minimum atomic E-state index is -0.167. The van der Waals surface area contributed by atoms with Gasteiger partial charge in [-0.2, -0.15) is 5.10 Å². The first-order chi connectivity index (χ1) is 9.57. The summed E-state index contributed by atoms with van der Waals surface area (Å²) in [4.78, 5) is 13.8. The van der Waals surface area contributed by atoms with Gasteiger partial charge in [-0.1, -0.05) is 0 Å². The zero-order valence-electron chi connectivity index (χ0n) is 12.1. The van der Waals surface area contributed by atoms with E-state index < -0.39 is 0 Å². The van der Waals surface area contributed by atoms with E-state index in [9.17, 15) is 4.79 Å². The highest BCUT2D eigenvalue weighted by molar-refractivity contribution is 5.78. The van der Waals surface area contributed by atoms with Crippen LogP contribution in [0.1, 0.15) is 25.3 Å². The van der Waals surface area contributed by atoms with E-state index in [2.05, 4.69) is 21.5 Å². The maximum absolute atomic E-state index is 11.4. The van der Waals surface area contributed by atoms with E-state index in [1.807, 2.05) is 24.9 Å². The van der Waals surface area contributed by atoms with Crippen LogP contribution in [0.3, 0.4) is 0 Å². The number of hydrogen-bond donors (Lipinski definition) is 1. The maximum atomic E-state index is 11.4. The highest BCUT2D eigenvalue weighted by Crippen LogP contribution is 2.32. The number of hydrogen-bond acceptors (Lipinski definition) is 4. The van der Waals surface area contributed by atoms with Crippen molar-refractivity contribution in [3.05, 3.63) is 18.0 Å². The van der Waals surface area contributed by atoms with Crippen molar-refractivity contribution in [3.8, 4) is 0 Å². The fourth-order valence-electron chi connectivity index (χ4n) is 3.23. The van der Waals surface area contributed by atoms with Crippen molar-refractivity contribution in [1.29, 1.82) is 0 Å². The number of morpholine rings is 1. The van der Waals surface area contributed by atoms with Crippen molar-refractivity contribution in [2.24, 2.45) is 7.05 Å². The second kappa shape index (κ2) is 5.18. The van der Waals surface area contributed by atoms with Crippen LogP contribution < -0.4 is 5.32 Å². The Morgan fingerprint density at radius 1 is 1.50 bits per heavy atom. The zero-order valence-corrected chi connectivity index (χ0v) is 12.1. The average molecular weight is 278 g/mol. The molecule has 1 atom stereocenters. The Bertz CT molecular complexity index is 491. The van der Waals surface area contributed by atoms with Gasteiger partial charge in [0.1, 0.15) is 6.61 Å². The first kappa shape index (κ1) is 13.6. The molecule has 1 aromatic rings. The quantitative estimate of drug-likeness (QED) is 0.845. The molecule has 1 unspecified atom stereocenters. The molecule has 0 aromatic carbocycles. The van der Waals surface area contributed by atoms with Gasteiger partial charge in [0.15, 0.2) is 0 Å². The van der Waals surface area contributed by atoms with Gasteiger partial charge in [0.05, 0.1) is 17.8 Å². The van der Waals surface area contributed by atoms with Gasteiger partial charge in [0, 0.05) is 38.4 Å². The third-order valence-electron chi connectivity index (χ3n) is 4.52. The normalized spacial score (nSPS) is 26.7. The molecule has 1 N–H and O–H groups in total. The molecule has 2 aliphatic heterocycles. The smallest absolute Gasteiger partial charge is 0.246 e. The van der Waals surface area contributed by atoms with Crippen LogP contribution >= 0.6 is 0 Å². The Balaban J connectivity index is 1.57. The molecule has 1 amide bonds. The van der Waals surface area contributed by atoms with Gasteiger partial charge in [-0.25, -0.2) is 0 Å². The van der Waals surface area contributed by atoms with Gasteiger partial charge >= 0.3 is 0 Å².